The lowest BCUT2D eigenvalue weighted by Crippen LogP contribution is -3.10. The molecule has 1 aromatic carbocycles. The van der Waals surface area contributed by atoms with Crippen LogP contribution in [-0.2, 0) is 6.54 Å². The van der Waals surface area contributed by atoms with Crippen molar-refractivity contribution in [3.05, 3.63) is 45.2 Å². The summed E-state index contributed by atoms with van der Waals surface area (Å²) in [5.74, 6) is -0.360. The highest BCUT2D eigenvalue weighted by Gasteiger charge is 2.26. The van der Waals surface area contributed by atoms with E-state index in [0.29, 0.717) is 27.8 Å². The van der Waals surface area contributed by atoms with Crippen molar-refractivity contribution >= 4 is 41.1 Å². The summed E-state index contributed by atoms with van der Waals surface area (Å²) in [6.07, 6.45) is 1.36. The van der Waals surface area contributed by atoms with E-state index in [9.17, 15) is 4.79 Å². The van der Waals surface area contributed by atoms with E-state index in [1.54, 1.807) is 18.2 Å². The number of halogens is 2. The van der Waals surface area contributed by atoms with E-state index in [0.717, 1.165) is 13.1 Å². The molecule has 3 aromatic rings. The molecule has 0 spiro atoms. The van der Waals surface area contributed by atoms with Gasteiger partial charge in [-0.1, -0.05) is 34.5 Å². The minimum absolute atomic E-state index is 0.0361. The molecule has 4 N–H and O–H groups in total. The topological polar surface area (TPSA) is 142 Å². The van der Waals surface area contributed by atoms with E-state index in [4.69, 9.17) is 28.9 Å². The molecule has 2 heterocycles. The maximum Gasteiger partial charge on any atom is 0.294 e. The van der Waals surface area contributed by atoms with Crippen molar-refractivity contribution in [1.29, 1.82) is 0 Å². The lowest BCUT2D eigenvalue weighted by Gasteiger charge is -2.15. The van der Waals surface area contributed by atoms with Gasteiger partial charge < -0.3 is 10.6 Å². The molecular formula is C17H20Cl2N9O2+. The smallest absolute Gasteiger partial charge is 0.294 e. The highest BCUT2D eigenvalue weighted by Crippen LogP contribution is 2.22. The Labute approximate surface area is 181 Å². The first-order valence-electron chi connectivity index (χ1n) is 9.10. The highest BCUT2D eigenvalue weighted by molar-refractivity contribution is 6.38. The average molecular weight is 453 g/mol. The molecule has 11 nitrogen and oxygen atoms in total. The Kier molecular flexibility index (Phi) is 6.98. The third-order valence-electron chi connectivity index (χ3n) is 4.45. The third kappa shape index (κ3) is 4.58. The fourth-order valence-electron chi connectivity index (χ4n) is 2.72. The lowest BCUT2D eigenvalue weighted by molar-refractivity contribution is -0.910. The van der Waals surface area contributed by atoms with Gasteiger partial charge in [0.15, 0.2) is 5.69 Å². The van der Waals surface area contributed by atoms with E-state index in [-0.39, 0.29) is 17.3 Å². The van der Waals surface area contributed by atoms with Crippen LogP contribution in [0.3, 0.4) is 0 Å². The number of amides is 1. The number of nitrogens with two attached hydrogens (primary N) is 1. The molecule has 0 aliphatic heterocycles. The van der Waals surface area contributed by atoms with Crippen LogP contribution >= 0.6 is 23.2 Å². The zero-order chi connectivity index (χ0) is 21.7. The maximum atomic E-state index is 12.7. The number of hydrazone groups is 1. The summed E-state index contributed by atoms with van der Waals surface area (Å²) in [7, 11) is 0. The zero-order valence-electron chi connectivity index (χ0n) is 16.3. The molecule has 0 saturated carbocycles. The van der Waals surface area contributed by atoms with Crippen LogP contribution in [0.25, 0.3) is 5.82 Å². The minimum Gasteiger partial charge on any atom is -0.378 e. The van der Waals surface area contributed by atoms with Crippen LogP contribution in [0, 0.1) is 0 Å². The van der Waals surface area contributed by atoms with Crippen LogP contribution in [0.4, 0.5) is 5.82 Å². The van der Waals surface area contributed by atoms with Crippen molar-refractivity contribution in [2.45, 2.75) is 20.4 Å². The Balaban J connectivity index is 1.89. The van der Waals surface area contributed by atoms with Gasteiger partial charge in [0.05, 0.1) is 29.3 Å². The van der Waals surface area contributed by atoms with Crippen molar-refractivity contribution in [1.82, 2.24) is 30.7 Å². The van der Waals surface area contributed by atoms with E-state index >= 15 is 0 Å². The minimum atomic E-state index is -0.558. The molecule has 0 bridgehead atoms. The average Bonchev–Trinajstić information content (AvgIpc) is 3.33. The van der Waals surface area contributed by atoms with Crippen LogP contribution < -0.4 is 16.1 Å². The summed E-state index contributed by atoms with van der Waals surface area (Å²) in [6.45, 7) is 6.19. The number of anilines is 1. The number of hydrogen-bond donors (Lipinski definition) is 3. The summed E-state index contributed by atoms with van der Waals surface area (Å²) in [4.78, 5) is 13.9. The predicted molar refractivity (Wildman–Crippen MR) is 111 cm³/mol. The van der Waals surface area contributed by atoms with Crippen molar-refractivity contribution < 1.29 is 14.3 Å². The molecule has 0 saturated heterocycles. The largest absolute Gasteiger partial charge is 0.378 e. The summed E-state index contributed by atoms with van der Waals surface area (Å²) in [5.41, 5.74) is 9.27. The number of rotatable bonds is 8. The van der Waals surface area contributed by atoms with Gasteiger partial charge in [0.1, 0.15) is 12.2 Å². The second-order valence-electron chi connectivity index (χ2n) is 6.24. The van der Waals surface area contributed by atoms with Gasteiger partial charge in [0.2, 0.25) is 11.6 Å². The predicted octanol–water partition coefficient (Wildman–Crippen LogP) is 0.728. The SMILES string of the molecule is CC[NH+](CC)Cc1c(C(=O)NN=Cc2c(Cl)cccc2Cl)nnn1-c1nonc1N. The normalized spacial score (nSPS) is 11.5. The van der Waals surface area contributed by atoms with Crippen LogP contribution in [0.2, 0.25) is 10.0 Å². The van der Waals surface area contributed by atoms with Gasteiger partial charge in [-0.3, -0.25) is 4.79 Å². The van der Waals surface area contributed by atoms with Crippen molar-refractivity contribution in [2.75, 3.05) is 18.8 Å². The fraction of sp³-hybridized carbons (Fsp3) is 0.294. The van der Waals surface area contributed by atoms with Gasteiger partial charge in [0.25, 0.3) is 5.91 Å². The van der Waals surface area contributed by atoms with Gasteiger partial charge in [-0.05, 0) is 36.3 Å². The molecule has 30 heavy (non-hydrogen) atoms. The molecule has 158 valence electrons. The van der Waals surface area contributed by atoms with Crippen molar-refractivity contribution in [3.63, 3.8) is 0 Å². The first kappa shape index (κ1) is 21.7. The molecule has 2 aromatic heterocycles. The van der Waals surface area contributed by atoms with Crippen LogP contribution in [0.5, 0.6) is 0 Å². The molecule has 1 amide bonds. The molecule has 13 heteroatoms. The lowest BCUT2D eigenvalue weighted by atomic mass is 10.2. The van der Waals surface area contributed by atoms with Gasteiger partial charge in [-0.15, -0.1) is 5.10 Å². The molecule has 0 unspecified atom stereocenters. The number of nitrogens with one attached hydrogen (secondary N) is 2. The number of benzene rings is 1. The Bertz CT molecular complexity index is 1040. The number of nitrogens with zero attached hydrogens (tertiary/aromatic N) is 6. The standard InChI is InChI=1S/C17H19Cl2N9O2/c1-3-27(4-2)9-13-14(22-26-28(13)16-15(20)24-30-25-16)17(29)23-21-8-10-11(18)6-5-7-12(10)19/h5-8H,3-4,9H2,1-2H3,(H2,20,24)(H,23,29)/p+1. The second kappa shape index (κ2) is 9.65. The number of hydrogen-bond acceptors (Lipinski definition) is 8. The van der Waals surface area contributed by atoms with E-state index < -0.39 is 5.91 Å². The number of carbonyl (C=O) groups is 1. The molecule has 3 rings (SSSR count). The Morgan fingerprint density at radius 3 is 2.60 bits per heavy atom. The molecule has 0 aliphatic carbocycles. The summed E-state index contributed by atoms with van der Waals surface area (Å²) < 4.78 is 6.00. The maximum absolute atomic E-state index is 12.7. The second-order valence-corrected chi connectivity index (χ2v) is 7.05. The first-order valence-corrected chi connectivity index (χ1v) is 9.85. The molecular weight excluding hydrogens is 433 g/mol. The number of quaternary nitrogens is 1. The van der Waals surface area contributed by atoms with E-state index in [1.807, 2.05) is 13.8 Å². The van der Waals surface area contributed by atoms with Gasteiger partial charge >= 0.3 is 0 Å². The fourth-order valence-corrected chi connectivity index (χ4v) is 3.22. The van der Waals surface area contributed by atoms with Gasteiger partial charge in [-0.2, -0.15) is 9.78 Å². The van der Waals surface area contributed by atoms with E-state index in [2.05, 4.69) is 35.8 Å². The highest BCUT2D eigenvalue weighted by atomic mass is 35.5. The molecule has 0 aliphatic rings. The summed E-state index contributed by atoms with van der Waals surface area (Å²) in [5, 5.41) is 20.1. The Morgan fingerprint density at radius 1 is 1.30 bits per heavy atom. The Morgan fingerprint density at radius 2 is 2.00 bits per heavy atom. The third-order valence-corrected chi connectivity index (χ3v) is 5.11. The van der Waals surface area contributed by atoms with Gasteiger partial charge in [0, 0.05) is 5.56 Å². The zero-order valence-corrected chi connectivity index (χ0v) is 17.8. The first-order chi connectivity index (χ1) is 14.5. The monoisotopic (exact) mass is 452 g/mol. The molecule has 0 fully saturated rings. The van der Waals surface area contributed by atoms with E-state index in [1.165, 1.54) is 15.8 Å². The van der Waals surface area contributed by atoms with Crippen LogP contribution in [0.15, 0.2) is 27.9 Å². The van der Waals surface area contributed by atoms with Crippen molar-refractivity contribution in [3.8, 4) is 5.82 Å². The van der Waals surface area contributed by atoms with Gasteiger partial charge in [-0.25, -0.2) is 10.1 Å². The summed E-state index contributed by atoms with van der Waals surface area (Å²) in [6, 6.07) is 5.05. The number of carbonyl (C=O) groups excluding carboxylic acids is 1. The van der Waals surface area contributed by atoms with Crippen LogP contribution in [-0.4, -0.2) is 50.5 Å². The summed E-state index contributed by atoms with van der Waals surface area (Å²) >= 11 is 12.2. The number of aromatic nitrogens is 5. The van der Waals surface area contributed by atoms with Crippen molar-refractivity contribution in [2.24, 2.45) is 5.10 Å². The molecule has 0 atom stereocenters. The Hall–Kier alpha value is -3.02. The molecule has 0 radical (unpaired) electrons. The quantitative estimate of drug-likeness (QED) is 0.337. The number of nitrogen functional groups attached to an aromatic ring is 1. The van der Waals surface area contributed by atoms with Crippen LogP contribution in [0.1, 0.15) is 35.6 Å².